The number of ether oxygens (including phenoxy) is 1. The molecular formula is C7H11N3O2. The third-order valence-corrected chi connectivity index (χ3v) is 1.42. The molecule has 5 heteroatoms. The first-order valence-electron chi connectivity index (χ1n) is 3.57. The predicted molar refractivity (Wildman–Crippen MR) is 42.5 cm³/mol. The molecule has 0 aromatic carbocycles. The summed E-state index contributed by atoms with van der Waals surface area (Å²) < 4.78 is 4.85. The summed E-state index contributed by atoms with van der Waals surface area (Å²) in [6.45, 7) is 1.74. The lowest BCUT2D eigenvalue weighted by molar-refractivity contribution is 0.0654. The molecule has 1 rings (SSSR count). The lowest BCUT2D eigenvalue weighted by atomic mass is 10.4. The van der Waals surface area contributed by atoms with Gasteiger partial charge in [-0.25, -0.2) is 0 Å². The molecular weight excluding hydrogens is 158 g/mol. The molecule has 1 amide bonds. The van der Waals surface area contributed by atoms with Crippen LogP contribution in [0.5, 0.6) is 0 Å². The van der Waals surface area contributed by atoms with Crippen LogP contribution in [0, 0.1) is 0 Å². The van der Waals surface area contributed by atoms with E-state index in [2.05, 4.69) is 15.5 Å². The van der Waals surface area contributed by atoms with Crippen molar-refractivity contribution in [3.05, 3.63) is 18.0 Å². The van der Waals surface area contributed by atoms with Crippen molar-refractivity contribution in [2.75, 3.05) is 7.11 Å². The monoisotopic (exact) mass is 169 g/mol. The number of amides is 1. The number of hydrogen-bond acceptors (Lipinski definition) is 3. The molecule has 0 bridgehead atoms. The zero-order chi connectivity index (χ0) is 8.97. The van der Waals surface area contributed by atoms with Gasteiger partial charge in [0.15, 0.2) is 0 Å². The van der Waals surface area contributed by atoms with Gasteiger partial charge in [0.1, 0.15) is 11.9 Å². The molecule has 0 saturated heterocycles. The normalized spacial score (nSPS) is 12.5. The van der Waals surface area contributed by atoms with Gasteiger partial charge in [0, 0.05) is 13.3 Å². The molecule has 66 valence electrons. The van der Waals surface area contributed by atoms with Gasteiger partial charge in [-0.2, -0.15) is 5.10 Å². The number of nitrogens with one attached hydrogen (secondary N) is 2. The quantitative estimate of drug-likeness (QED) is 0.632. The van der Waals surface area contributed by atoms with E-state index in [9.17, 15) is 4.79 Å². The van der Waals surface area contributed by atoms with Crippen molar-refractivity contribution in [1.82, 2.24) is 15.5 Å². The van der Waals surface area contributed by atoms with Crippen molar-refractivity contribution in [1.29, 1.82) is 0 Å². The summed E-state index contributed by atoms with van der Waals surface area (Å²) >= 11 is 0. The van der Waals surface area contributed by atoms with Crippen LogP contribution in [0.15, 0.2) is 12.3 Å². The fraction of sp³-hybridized carbons (Fsp3) is 0.429. The minimum atomic E-state index is -0.297. The molecule has 1 aromatic heterocycles. The van der Waals surface area contributed by atoms with Crippen LogP contribution >= 0.6 is 0 Å². The van der Waals surface area contributed by atoms with Gasteiger partial charge in [0.2, 0.25) is 0 Å². The minimum absolute atomic E-state index is 0.245. The van der Waals surface area contributed by atoms with Gasteiger partial charge in [-0.3, -0.25) is 9.89 Å². The summed E-state index contributed by atoms with van der Waals surface area (Å²) in [5, 5.41) is 8.85. The Bertz CT molecular complexity index is 245. The average Bonchev–Trinajstić information content (AvgIpc) is 2.56. The van der Waals surface area contributed by atoms with Gasteiger partial charge in [0.05, 0.1) is 0 Å². The SMILES string of the molecule is COC(C)NC(=O)c1cc[nH]n1. The highest BCUT2D eigenvalue weighted by atomic mass is 16.5. The number of H-pyrrole nitrogens is 1. The van der Waals surface area contributed by atoms with Gasteiger partial charge in [-0.05, 0) is 13.0 Å². The highest BCUT2D eigenvalue weighted by molar-refractivity contribution is 5.92. The highest BCUT2D eigenvalue weighted by Crippen LogP contribution is 1.92. The van der Waals surface area contributed by atoms with Crippen molar-refractivity contribution in [2.24, 2.45) is 0 Å². The van der Waals surface area contributed by atoms with Crippen LogP contribution in [-0.4, -0.2) is 29.4 Å². The van der Waals surface area contributed by atoms with E-state index < -0.39 is 0 Å². The van der Waals surface area contributed by atoms with Crippen molar-refractivity contribution in [3.8, 4) is 0 Å². The second-order valence-electron chi connectivity index (χ2n) is 2.31. The summed E-state index contributed by atoms with van der Waals surface area (Å²) in [4.78, 5) is 11.2. The summed E-state index contributed by atoms with van der Waals surface area (Å²) in [7, 11) is 1.52. The summed E-state index contributed by atoms with van der Waals surface area (Å²) in [5.41, 5.74) is 0.360. The van der Waals surface area contributed by atoms with Gasteiger partial charge >= 0.3 is 0 Å². The van der Waals surface area contributed by atoms with E-state index in [1.54, 1.807) is 19.2 Å². The lowest BCUT2D eigenvalue weighted by Gasteiger charge is -2.09. The zero-order valence-electron chi connectivity index (χ0n) is 7.00. The zero-order valence-corrected chi connectivity index (χ0v) is 7.00. The molecule has 0 aliphatic carbocycles. The number of carbonyl (C=O) groups excluding carboxylic acids is 1. The molecule has 5 nitrogen and oxygen atoms in total. The van der Waals surface area contributed by atoms with Gasteiger partial charge in [-0.15, -0.1) is 0 Å². The van der Waals surface area contributed by atoms with Crippen molar-refractivity contribution in [3.63, 3.8) is 0 Å². The second-order valence-corrected chi connectivity index (χ2v) is 2.31. The molecule has 2 N–H and O–H groups in total. The van der Waals surface area contributed by atoms with E-state index in [1.807, 2.05) is 0 Å². The lowest BCUT2D eigenvalue weighted by Crippen LogP contribution is -2.33. The van der Waals surface area contributed by atoms with Crippen LogP contribution in [0.2, 0.25) is 0 Å². The smallest absolute Gasteiger partial charge is 0.273 e. The third-order valence-electron chi connectivity index (χ3n) is 1.42. The predicted octanol–water partition coefficient (Wildman–Crippen LogP) is 0.132. The number of methoxy groups -OCH3 is 1. The Kier molecular flexibility index (Phi) is 2.82. The molecule has 1 unspecified atom stereocenters. The Morgan fingerprint density at radius 1 is 1.83 bits per heavy atom. The molecule has 12 heavy (non-hydrogen) atoms. The van der Waals surface area contributed by atoms with Gasteiger partial charge < -0.3 is 10.1 Å². The third kappa shape index (κ3) is 2.06. The first-order chi connectivity index (χ1) is 5.74. The number of aromatic nitrogens is 2. The number of nitrogens with zero attached hydrogens (tertiary/aromatic N) is 1. The van der Waals surface area contributed by atoms with Crippen molar-refractivity contribution in [2.45, 2.75) is 13.2 Å². The largest absolute Gasteiger partial charge is 0.362 e. The van der Waals surface area contributed by atoms with Crippen LogP contribution < -0.4 is 5.32 Å². The van der Waals surface area contributed by atoms with Crippen LogP contribution in [0.1, 0.15) is 17.4 Å². The maximum Gasteiger partial charge on any atom is 0.273 e. The Hall–Kier alpha value is -1.36. The van der Waals surface area contributed by atoms with Crippen LogP contribution in [0.25, 0.3) is 0 Å². The highest BCUT2D eigenvalue weighted by Gasteiger charge is 2.09. The number of hydrogen-bond donors (Lipinski definition) is 2. The van der Waals surface area contributed by atoms with E-state index >= 15 is 0 Å². The van der Waals surface area contributed by atoms with E-state index in [4.69, 9.17) is 4.74 Å². The summed E-state index contributed by atoms with van der Waals surface area (Å²) in [6.07, 6.45) is 1.29. The fourth-order valence-electron chi connectivity index (χ4n) is 0.704. The topological polar surface area (TPSA) is 67.0 Å². The number of aromatic amines is 1. The number of carbonyl (C=O) groups is 1. The molecule has 1 heterocycles. The molecule has 0 radical (unpaired) electrons. The van der Waals surface area contributed by atoms with Crippen LogP contribution in [0.3, 0.4) is 0 Å². The molecule has 0 saturated carbocycles. The standard InChI is InChI=1S/C7H11N3O2/c1-5(12-2)9-7(11)6-3-4-8-10-6/h3-5H,1-2H3,(H,8,10)(H,9,11). The van der Waals surface area contributed by atoms with E-state index in [0.29, 0.717) is 5.69 Å². The average molecular weight is 169 g/mol. The van der Waals surface area contributed by atoms with Crippen molar-refractivity contribution >= 4 is 5.91 Å². The van der Waals surface area contributed by atoms with Gasteiger partial charge in [-0.1, -0.05) is 0 Å². The molecule has 0 aliphatic rings. The fourth-order valence-corrected chi connectivity index (χ4v) is 0.704. The van der Waals surface area contributed by atoms with E-state index in [1.165, 1.54) is 7.11 Å². The minimum Gasteiger partial charge on any atom is -0.362 e. The Morgan fingerprint density at radius 2 is 2.58 bits per heavy atom. The maximum atomic E-state index is 11.2. The van der Waals surface area contributed by atoms with E-state index in [-0.39, 0.29) is 12.1 Å². The molecule has 0 spiro atoms. The molecule has 0 fully saturated rings. The van der Waals surface area contributed by atoms with Crippen molar-refractivity contribution < 1.29 is 9.53 Å². The summed E-state index contributed by atoms with van der Waals surface area (Å²) in [6, 6.07) is 1.59. The molecule has 1 aromatic rings. The van der Waals surface area contributed by atoms with E-state index in [0.717, 1.165) is 0 Å². The van der Waals surface area contributed by atoms with Crippen LogP contribution in [0.4, 0.5) is 0 Å². The first-order valence-corrected chi connectivity index (χ1v) is 3.57. The van der Waals surface area contributed by atoms with Crippen LogP contribution in [-0.2, 0) is 4.74 Å². The summed E-state index contributed by atoms with van der Waals surface area (Å²) in [5.74, 6) is -0.245. The molecule has 0 aliphatic heterocycles. The Balaban J connectivity index is 2.50. The Labute approximate surface area is 70.1 Å². The number of rotatable bonds is 3. The molecule has 1 atom stereocenters. The maximum absolute atomic E-state index is 11.2. The van der Waals surface area contributed by atoms with Gasteiger partial charge in [0.25, 0.3) is 5.91 Å². The first kappa shape index (κ1) is 8.73. The second kappa shape index (κ2) is 3.87. The Morgan fingerprint density at radius 3 is 3.08 bits per heavy atom.